The summed E-state index contributed by atoms with van der Waals surface area (Å²) in [6.45, 7) is 36.7. The summed E-state index contributed by atoms with van der Waals surface area (Å²) in [6, 6.07) is 31.9. The van der Waals surface area contributed by atoms with E-state index in [9.17, 15) is 38.4 Å². The lowest BCUT2D eigenvalue weighted by atomic mass is 9.82. The SMILES string of the molecule is C=C(C)C(=O)OCCC(=O)Oc1ccc2c(c1)C(C)(C)c1cc(OC(=O)CCOC(=O)C(=C)C)ccc1-2.C=C(C)C(=O)OCCc1ccc(CC(=O)Oc2ccc(OC(=O)Cc3ccc(CCOC(=O)C(=C)C)cc3)cc2)cc1.CC.CC.CC. The number of ether oxygens (including phenoxy) is 8. The molecule has 6 rings (SSSR count). The van der Waals surface area contributed by atoms with Crippen LogP contribution in [-0.2, 0) is 88.4 Å². The maximum atomic E-state index is 12.4. The summed E-state index contributed by atoms with van der Waals surface area (Å²) in [6.07, 6.45) is 1.12. The Morgan fingerprint density at radius 1 is 0.353 bits per heavy atom. The zero-order valence-electron chi connectivity index (χ0n) is 51.3. The summed E-state index contributed by atoms with van der Waals surface area (Å²) in [5, 5.41) is 0. The molecule has 16 heteroatoms. The van der Waals surface area contributed by atoms with E-state index < -0.39 is 53.2 Å². The van der Waals surface area contributed by atoms with Crippen molar-refractivity contribution in [3.8, 4) is 34.1 Å². The summed E-state index contributed by atoms with van der Waals surface area (Å²) in [5.41, 5.74) is 8.18. The lowest BCUT2D eigenvalue weighted by Crippen LogP contribution is -2.17. The molecule has 5 aromatic carbocycles. The fourth-order valence-electron chi connectivity index (χ4n) is 7.55. The van der Waals surface area contributed by atoms with Gasteiger partial charge in [0.05, 0.1) is 38.9 Å². The van der Waals surface area contributed by atoms with Gasteiger partial charge in [0.1, 0.15) is 36.2 Å². The Morgan fingerprint density at radius 2 is 0.612 bits per heavy atom. The quantitative estimate of drug-likeness (QED) is 0.0243. The van der Waals surface area contributed by atoms with Gasteiger partial charge in [-0.3, -0.25) is 19.2 Å². The molecule has 1 aliphatic rings. The second-order valence-corrected chi connectivity index (χ2v) is 19.1. The molecule has 0 fully saturated rings. The third-order valence-corrected chi connectivity index (χ3v) is 11.8. The van der Waals surface area contributed by atoms with Crippen LogP contribution in [0.15, 0.2) is 158 Å². The lowest BCUT2D eigenvalue weighted by Gasteiger charge is -2.22. The van der Waals surface area contributed by atoms with Crippen molar-refractivity contribution in [1.29, 1.82) is 0 Å². The number of carbonyl (C=O) groups excluding carboxylic acids is 8. The highest BCUT2D eigenvalue weighted by atomic mass is 16.6. The number of fused-ring (bicyclic) bond motifs is 3. The first-order valence-corrected chi connectivity index (χ1v) is 28.2. The lowest BCUT2D eigenvalue weighted by molar-refractivity contribution is -0.144. The van der Waals surface area contributed by atoms with Crippen LogP contribution in [0.3, 0.4) is 0 Å². The van der Waals surface area contributed by atoms with E-state index in [1.54, 1.807) is 50.2 Å². The third-order valence-electron chi connectivity index (χ3n) is 11.8. The van der Waals surface area contributed by atoms with Gasteiger partial charge in [-0.05, 0) is 121 Å². The Hall–Kier alpha value is -9.18. The van der Waals surface area contributed by atoms with Gasteiger partial charge in [0, 0.05) is 40.5 Å². The first-order valence-electron chi connectivity index (χ1n) is 28.2. The second-order valence-electron chi connectivity index (χ2n) is 19.1. The van der Waals surface area contributed by atoms with Crippen LogP contribution in [-0.4, -0.2) is 74.2 Å². The molecule has 5 aromatic rings. The highest BCUT2D eigenvalue weighted by Crippen LogP contribution is 2.50. The van der Waals surface area contributed by atoms with E-state index in [0.29, 0.717) is 47.0 Å². The fraction of sp³-hybridized carbons (Fsp3) is 0.333. The zero-order valence-corrected chi connectivity index (χ0v) is 51.3. The van der Waals surface area contributed by atoms with Crippen LogP contribution in [0.25, 0.3) is 11.1 Å². The van der Waals surface area contributed by atoms with Crippen LogP contribution in [0.2, 0.25) is 0 Å². The Balaban J connectivity index is 0.000000537. The maximum absolute atomic E-state index is 12.4. The number of carbonyl (C=O) groups is 8. The molecule has 16 nitrogen and oxygen atoms in total. The van der Waals surface area contributed by atoms with Crippen molar-refractivity contribution in [2.75, 3.05) is 26.4 Å². The van der Waals surface area contributed by atoms with Gasteiger partial charge < -0.3 is 37.9 Å². The van der Waals surface area contributed by atoms with Crippen LogP contribution in [0, 0.1) is 0 Å². The molecule has 0 saturated heterocycles. The first kappa shape index (κ1) is 71.9. The highest BCUT2D eigenvalue weighted by molar-refractivity contribution is 5.89. The third kappa shape index (κ3) is 24.7. The van der Waals surface area contributed by atoms with Crippen LogP contribution in [0.4, 0.5) is 0 Å². The van der Waals surface area contributed by atoms with Crippen LogP contribution in [0.1, 0.15) is 129 Å². The fourth-order valence-corrected chi connectivity index (χ4v) is 7.55. The van der Waals surface area contributed by atoms with Gasteiger partial charge in [-0.2, -0.15) is 0 Å². The van der Waals surface area contributed by atoms with Crippen LogP contribution >= 0.6 is 0 Å². The van der Waals surface area contributed by atoms with Gasteiger partial charge in [0.25, 0.3) is 0 Å². The van der Waals surface area contributed by atoms with Gasteiger partial charge >= 0.3 is 47.8 Å². The number of hydrogen-bond acceptors (Lipinski definition) is 16. The van der Waals surface area contributed by atoms with Crippen LogP contribution in [0.5, 0.6) is 23.0 Å². The average molecular weight is 1170 g/mol. The summed E-state index contributed by atoms with van der Waals surface area (Å²) < 4.78 is 41.8. The minimum absolute atomic E-state index is 0.0825. The smallest absolute Gasteiger partial charge is 0.333 e. The van der Waals surface area contributed by atoms with Gasteiger partial charge in [-0.15, -0.1) is 0 Å². The van der Waals surface area contributed by atoms with Crippen molar-refractivity contribution in [3.05, 3.63) is 191 Å². The van der Waals surface area contributed by atoms with Gasteiger partial charge in [-0.25, -0.2) is 19.2 Å². The molecule has 0 heterocycles. The molecule has 1 aliphatic carbocycles. The second kappa shape index (κ2) is 37.1. The molecule has 85 heavy (non-hydrogen) atoms. The molecular formula is C69H82O16. The summed E-state index contributed by atoms with van der Waals surface area (Å²) >= 11 is 0. The van der Waals surface area contributed by atoms with Crippen molar-refractivity contribution in [3.63, 3.8) is 0 Å². The Bertz CT molecular complexity index is 2920. The summed E-state index contributed by atoms with van der Waals surface area (Å²) in [7, 11) is 0. The monoisotopic (exact) mass is 1170 g/mol. The molecule has 0 unspecified atom stereocenters. The predicted molar refractivity (Wildman–Crippen MR) is 327 cm³/mol. The van der Waals surface area contributed by atoms with E-state index in [4.69, 9.17) is 37.9 Å². The van der Waals surface area contributed by atoms with E-state index in [0.717, 1.165) is 44.5 Å². The summed E-state index contributed by atoms with van der Waals surface area (Å²) in [4.78, 5) is 95.0. The minimum Gasteiger partial charge on any atom is -0.462 e. The minimum atomic E-state index is -0.555. The number of esters is 8. The van der Waals surface area contributed by atoms with Gasteiger partial charge in [0.15, 0.2) is 0 Å². The predicted octanol–water partition coefficient (Wildman–Crippen LogP) is 13.2. The number of rotatable bonds is 24. The molecule has 0 N–H and O–H groups in total. The standard InChI is InChI=1S/C34H34O8.C29H30O8.3C2H6/c1-23(2)33(37)39-19-17-25-5-9-27(10-6-25)21-31(35)41-29-13-15-30(16-14-29)42-32(36)22-28-11-7-26(8-12-28)18-20-40-34(38)24(3)4;1-17(2)27(32)34-13-11-25(30)36-19-7-9-21-22-10-8-20(16-24(22)29(5,6)23(21)15-19)37-26(31)12-14-35-28(33)18(3)4;3*1-2/h5-16H,1,3,17-22H2,2,4H3;7-10,15-16H,1,3,11-14H2,2,4-6H3;3*1-2H3. The number of hydrogen-bond donors (Lipinski definition) is 0. The Morgan fingerprint density at radius 3 is 0.906 bits per heavy atom. The van der Waals surface area contributed by atoms with Crippen molar-refractivity contribution in [2.45, 2.75) is 127 Å². The summed E-state index contributed by atoms with van der Waals surface area (Å²) in [5.74, 6) is -2.42. The topological polar surface area (TPSA) is 210 Å². The maximum Gasteiger partial charge on any atom is 0.333 e. The Kier molecular flexibility index (Phi) is 31.4. The molecular weight excluding hydrogens is 1080 g/mol. The molecule has 0 aromatic heterocycles. The van der Waals surface area contributed by atoms with E-state index >= 15 is 0 Å². The van der Waals surface area contributed by atoms with Crippen molar-refractivity contribution in [2.24, 2.45) is 0 Å². The van der Waals surface area contributed by atoms with Gasteiger partial charge in [0.2, 0.25) is 0 Å². The van der Waals surface area contributed by atoms with Crippen LogP contribution < -0.4 is 18.9 Å². The van der Waals surface area contributed by atoms with Crippen molar-refractivity contribution >= 4 is 47.8 Å². The van der Waals surface area contributed by atoms with E-state index in [1.165, 1.54) is 13.8 Å². The highest BCUT2D eigenvalue weighted by Gasteiger charge is 2.36. The van der Waals surface area contributed by atoms with E-state index in [2.05, 4.69) is 26.3 Å². The van der Waals surface area contributed by atoms with E-state index in [-0.39, 0.29) is 63.3 Å². The molecule has 454 valence electrons. The number of benzene rings is 5. The Labute approximate surface area is 500 Å². The van der Waals surface area contributed by atoms with E-state index in [1.807, 2.05) is 128 Å². The molecule has 0 bridgehead atoms. The average Bonchev–Trinajstić information content (AvgIpc) is 1.67. The largest absolute Gasteiger partial charge is 0.462 e. The first-order chi connectivity index (χ1) is 40.5. The molecule has 0 aliphatic heterocycles. The molecule has 0 spiro atoms. The zero-order chi connectivity index (χ0) is 63.8. The molecule has 0 saturated carbocycles. The van der Waals surface area contributed by atoms with Crippen molar-refractivity contribution in [1.82, 2.24) is 0 Å². The molecule has 0 amide bonds. The normalized spacial score (nSPS) is 10.8. The van der Waals surface area contributed by atoms with Gasteiger partial charge in [-0.1, -0.05) is 142 Å². The molecule has 0 atom stereocenters. The van der Waals surface area contributed by atoms with Crippen molar-refractivity contribution < 1.29 is 76.3 Å². The molecule has 0 radical (unpaired) electrons.